The van der Waals surface area contributed by atoms with Crippen LogP contribution in [0.5, 0.6) is 0 Å². The zero-order valence-corrected chi connectivity index (χ0v) is 22.0. The Labute approximate surface area is 217 Å². The van der Waals surface area contributed by atoms with Crippen LogP contribution in [0.3, 0.4) is 0 Å². The Kier molecular flexibility index (Phi) is 6.47. The number of nitrogens with one attached hydrogen (secondary N) is 4. The maximum atomic E-state index is 13.6. The summed E-state index contributed by atoms with van der Waals surface area (Å²) in [5.74, 6) is 1.54. The van der Waals surface area contributed by atoms with Crippen molar-refractivity contribution in [1.29, 1.82) is 0 Å². The summed E-state index contributed by atoms with van der Waals surface area (Å²) in [6.07, 6.45) is 8.56. The Hall–Kier alpha value is -2.86. The number of pyridine rings is 3. The smallest absolute Gasteiger partial charge is 0.245 e. The molecule has 3 saturated heterocycles. The summed E-state index contributed by atoms with van der Waals surface area (Å²) in [5, 5.41) is 8.12. The molecule has 0 radical (unpaired) electrons. The van der Waals surface area contributed by atoms with Crippen LogP contribution in [-0.4, -0.2) is 58.0 Å². The largest absolute Gasteiger partial charge is 0.367 e. The van der Waals surface area contributed by atoms with E-state index in [2.05, 4.69) is 38.4 Å². The van der Waals surface area contributed by atoms with Crippen molar-refractivity contribution in [3.05, 3.63) is 48.4 Å². The minimum absolute atomic E-state index is 0.0442. The lowest BCUT2D eigenvalue weighted by Crippen LogP contribution is -2.56. The van der Waals surface area contributed by atoms with E-state index in [-0.39, 0.29) is 29.2 Å². The molecule has 3 aromatic rings. The van der Waals surface area contributed by atoms with Crippen LogP contribution in [0.25, 0.3) is 10.9 Å². The summed E-state index contributed by atoms with van der Waals surface area (Å²) in [6, 6.07) is 9.78. The van der Waals surface area contributed by atoms with Gasteiger partial charge in [0, 0.05) is 53.7 Å². The number of aromatic nitrogens is 3. The summed E-state index contributed by atoms with van der Waals surface area (Å²) >= 11 is 0. The van der Waals surface area contributed by atoms with E-state index in [4.69, 9.17) is 4.98 Å². The number of fused-ring (bicyclic) bond motifs is 3. The fourth-order valence-corrected chi connectivity index (χ4v) is 7.85. The molecule has 3 fully saturated rings. The topological polar surface area (TPSA) is 124 Å². The molecule has 2 bridgehead atoms. The molecule has 0 aliphatic carbocycles. The third-order valence-corrected chi connectivity index (χ3v) is 9.71. The molecule has 6 rings (SSSR count). The van der Waals surface area contributed by atoms with E-state index in [1.54, 1.807) is 22.6 Å². The normalized spacial score (nSPS) is 28.3. The van der Waals surface area contributed by atoms with Gasteiger partial charge in [0.2, 0.25) is 10.0 Å². The van der Waals surface area contributed by atoms with E-state index in [1.807, 2.05) is 25.1 Å². The van der Waals surface area contributed by atoms with Gasteiger partial charge in [-0.05, 0) is 70.2 Å². The van der Waals surface area contributed by atoms with Crippen molar-refractivity contribution in [2.24, 2.45) is 0 Å². The average molecular weight is 523 g/mol. The van der Waals surface area contributed by atoms with Crippen LogP contribution in [0.2, 0.25) is 0 Å². The first kappa shape index (κ1) is 24.5. The number of anilines is 2. The van der Waals surface area contributed by atoms with Crippen molar-refractivity contribution in [3.8, 4) is 0 Å². The zero-order valence-electron chi connectivity index (χ0n) is 21.2. The molecule has 6 heterocycles. The van der Waals surface area contributed by atoms with E-state index >= 15 is 0 Å². The molecule has 196 valence electrons. The summed E-state index contributed by atoms with van der Waals surface area (Å²) in [4.78, 5) is 14.0. The van der Waals surface area contributed by atoms with Crippen LogP contribution in [0.15, 0.2) is 47.6 Å². The van der Waals surface area contributed by atoms with Crippen molar-refractivity contribution in [1.82, 2.24) is 30.1 Å². The molecule has 10 nitrogen and oxygen atoms in total. The highest BCUT2D eigenvalue weighted by Gasteiger charge is 2.45. The van der Waals surface area contributed by atoms with Crippen LogP contribution in [0, 0.1) is 6.92 Å². The van der Waals surface area contributed by atoms with Crippen LogP contribution < -0.4 is 21.5 Å². The van der Waals surface area contributed by atoms with Crippen LogP contribution in [0.4, 0.5) is 11.6 Å². The van der Waals surface area contributed by atoms with Crippen molar-refractivity contribution in [2.45, 2.75) is 87.6 Å². The monoisotopic (exact) mass is 522 g/mol. The first-order chi connectivity index (χ1) is 17.9. The van der Waals surface area contributed by atoms with E-state index in [9.17, 15) is 8.42 Å². The Balaban J connectivity index is 1.25. The summed E-state index contributed by atoms with van der Waals surface area (Å²) in [5.41, 5.74) is 8.17. The number of hydrazine groups is 1. The second-order valence-electron chi connectivity index (χ2n) is 10.6. The van der Waals surface area contributed by atoms with Gasteiger partial charge in [0.15, 0.2) is 0 Å². The van der Waals surface area contributed by atoms with Crippen molar-refractivity contribution < 1.29 is 8.42 Å². The Morgan fingerprint density at radius 2 is 1.84 bits per heavy atom. The number of aryl methyl sites for hydroxylation is 1. The molecule has 37 heavy (non-hydrogen) atoms. The molecule has 11 heteroatoms. The molecule has 3 unspecified atom stereocenters. The van der Waals surface area contributed by atoms with Gasteiger partial charge in [-0.3, -0.25) is 15.4 Å². The minimum atomic E-state index is -3.60. The van der Waals surface area contributed by atoms with Gasteiger partial charge in [-0.2, -0.15) is 4.31 Å². The maximum Gasteiger partial charge on any atom is 0.245 e. The highest BCUT2D eigenvalue weighted by molar-refractivity contribution is 7.89. The number of nitrogens with zero attached hydrogens (tertiary/aromatic N) is 4. The molecule has 5 atom stereocenters. The van der Waals surface area contributed by atoms with Crippen molar-refractivity contribution in [3.63, 3.8) is 0 Å². The third kappa shape index (κ3) is 4.88. The predicted molar refractivity (Wildman–Crippen MR) is 143 cm³/mol. The number of hydrogen-bond acceptors (Lipinski definition) is 9. The quantitative estimate of drug-likeness (QED) is 0.386. The number of hydrogen-bond donors (Lipinski definition) is 4. The minimum Gasteiger partial charge on any atom is -0.367 e. The van der Waals surface area contributed by atoms with E-state index in [0.717, 1.165) is 66.8 Å². The highest BCUT2D eigenvalue weighted by Crippen LogP contribution is 2.39. The molecule has 0 amide bonds. The molecule has 4 N–H and O–H groups in total. The van der Waals surface area contributed by atoms with Crippen molar-refractivity contribution in [2.75, 3.05) is 10.6 Å². The van der Waals surface area contributed by atoms with Crippen LogP contribution in [0.1, 0.15) is 51.1 Å². The van der Waals surface area contributed by atoms with Gasteiger partial charge in [0.1, 0.15) is 16.5 Å². The molecular weight excluding hydrogens is 488 g/mol. The van der Waals surface area contributed by atoms with E-state index in [0.29, 0.717) is 6.04 Å². The zero-order chi connectivity index (χ0) is 25.6. The summed E-state index contributed by atoms with van der Waals surface area (Å²) < 4.78 is 29.0. The molecular formula is C26H34N8O2S. The average Bonchev–Trinajstić information content (AvgIpc) is 3.28. The summed E-state index contributed by atoms with van der Waals surface area (Å²) in [7, 11) is -3.60. The third-order valence-electron chi connectivity index (χ3n) is 7.72. The first-order valence-electron chi connectivity index (χ1n) is 13.1. The Bertz CT molecular complexity index is 1370. The number of sulfonamides is 1. The fourth-order valence-electron chi connectivity index (χ4n) is 6.02. The van der Waals surface area contributed by atoms with Crippen LogP contribution >= 0.6 is 0 Å². The standard InChI is InChI=1S/C26H34N8O2S/c1-16-8-9-21(15-28-16)37(35,36)34-19-5-3-6-20(34)13-18(12-19)29-26-22-7-4-10-27-23(22)14-24(31-26)30-25-11-17(2)32-33-25/h4,7-10,14-15,17-20,25,32-33H,3,5-6,11-13H2,1-2H3,(H2,29,30,31)/t17?,18?,19-,20+,25?. The second kappa shape index (κ2) is 9.79. The van der Waals surface area contributed by atoms with Gasteiger partial charge in [0.05, 0.1) is 11.7 Å². The first-order valence-corrected chi connectivity index (χ1v) is 14.6. The lowest BCUT2D eigenvalue weighted by molar-refractivity contribution is 0.116. The van der Waals surface area contributed by atoms with Gasteiger partial charge in [-0.15, -0.1) is 0 Å². The fraction of sp³-hybridized carbons (Fsp3) is 0.500. The number of rotatable bonds is 6. The van der Waals surface area contributed by atoms with E-state index in [1.165, 1.54) is 6.20 Å². The second-order valence-corrected chi connectivity index (χ2v) is 12.4. The van der Waals surface area contributed by atoms with Gasteiger partial charge >= 0.3 is 0 Å². The predicted octanol–water partition coefficient (Wildman–Crippen LogP) is 3.14. The Morgan fingerprint density at radius 1 is 1.03 bits per heavy atom. The van der Waals surface area contributed by atoms with Gasteiger partial charge in [-0.1, -0.05) is 6.42 Å². The highest BCUT2D eigenvalue weighted by atomic mass is 32.2. The van der Waals surface area contributed by atoms with E-state index < -0.39 is 10.0 Å². The summed E-state index contributed by atoms with van der Waals surface area (Å²) in [6.45, 7) is 4.00. The lowest BCUT2D eigenvalue weighted by Gasteiger charge is -2.47. The van der Waals surface area contributed by atoms with Gasteiger partial charge < -0.3 is 10.6 Å². The van der Waals surface area contributed by atoms with Crippen molar-refractivity contribution >= 4 is 32.6 Å². The molecule has 0 saturated carbocycles. The number of piperidine rings is 2. The van der Waals surface area contributed by atoms with Gasteiger partial charge in [-0.25, -0.2) is 18.8 Å². The molecule has 3 aliphatic rings. The van der Waals surface area contributed by atoms with Gasteiger partial charge in [0.25, 0.3) is 0 Å². The molecule has 3 aliphatic heterocycles. The molecule has 3 aromatic heterocycles. The molecule has 0 spiro atoms. The Morgan fingerprint density at radius 3 is 2.54 bits per heavy atom. The van der Waals surface area contributed by atoms with Crippen LogP contribution in [-0.2, 0) is 10.0 Å². The lowest BCUT2D eigenvalue weighted by atomic mass is 9.84. The molecule has 0 aromatic carbocycles. The SMILES string of the molecule is Cc1ccc(S(=O)(=O)N2[C@@H]3CCC[C@H]2CC(Nc2nc(NC4CC(C)NN4)cc4ncccc24)C3)cn1. The maximum absolute atomic E-state index is 13.6.